The van der Waals surface area contributed by atoms with Crippen molar-refractivity contribution in [3.63, 3.8) is 0 Å². The lowest BCUT2D eigenvalue weighted by molar-refractivity contribution is -0.146. The summed E-state index contributed by atoms with van der Waals surface area (Å²) in [4.78, 5) is 59.1. The molecule has 0 saturated carbocycles. The number of hydrogen-bond acceptors (Lipinski definition) is 10. The first-order valence-corrected chi connectivity index (χ1v) is 14.0. The molecule has 13 heteroatoms. The fraction of sp³-hybridized carbons (Fsp3) is 0.519. The standard InChI is InChI=1S/C27H37N5O7S/c1-6-38-21(33)9-8-19(25(36)39-7-2)29-23(34)16-12-17(40-14-16)10-11-32-15-28-22-18(24(32)35)13-20(30-22)31-26(37)27(3,4)5/h12-15,19,24,30,35H,6-11H2,1-5H3,(H,29,34)(H,31,37)/t19-,24?/m1/s1. The minimum Gasteiger partial charge on any atom is -0.466 e. The number of aliphatic hydroxyl groups is 1. The number of H-pyrrole nitrogens is 1. The van der Waals surface area contributed by atoms with E-state index in [1.165, 1.54) is 17.7 Å². The molecule has 0 saturated heterocycles. The Morgan fingerprint density at radius 2 is 1.90 bits per heavy atom. The van der Waals surface area contributed by atoms with Crippen LogP contribution in [0.25, 0.3) is 0 Å². The van der Waals surface area contributed by atoms with Crippen molar-refractivity contribution in [1.29, 1.82) is 0 Å². The van der Waals surface area contributed by atoms with Crippen LogP contribution in [0.15, 0.2) is 22.5 Å². The molecule has 12 nitrogen and oxygen atoms in total. The zero-order valence-electron chi connectivity index (χ0n) is 23.4. The van der Waals surface area contributed by atoms with Gasteiger partial charge < -0.3 is 35.1 Å². The first-order chi connectivity index (χ1) is 18.9. The van der Waals surface area contributed by atoms with E-state index >= 15 is 0 Å². The molecule has 0 aliphatic carbocycles. The number of carbonyl (C=O) groups is 4. The van der Waals surface area contributed by atoms with Gasteiger partial charge >= 0.3 is 11.9 Å². The van der Waals surface area contributed by atoms with Gasteiger partial charge in [0.15, 0.2) is 6.23 Å². The van der Waals surface area contributed by atoms with Crippen LogP contribution in [0.3, 0.4) is 0 Å². The second kappa shape index (κ2) is 13.6. The fourth-order valence-electron chi connectivity index (χ4n) is 3.79. The largest absolute Gasteiger partial charge is 0.466 e. The highest BCUT2D eigenvalue weighted by atomic mass is 32.1. The maximum absolute atomic E-state index is 12.9. The van der Waals surface area contributed by atoms with Gasteiger partial charge in [0.25, 0.3) is 5.91 Å². The van der Waals surface area contributed by atoms with E-state index in [0.29, 0.717) is 35.7 Å². The Morgan fingerprint density at radius 1 is 1.18 bits per heavy atom. The van der Waals surface area contributed by atoms with Crippen molar-refractivity contribution in [2.45, 2.75) is 66.2 Å². The van der Waals surface area contributed by atoms with Crippen LogP contribution in [-0.2, 0) is 30.3 Å². The highest BCUT2D eigenvalue weighted by molar-refractivity contribution is 7.10. The van der Waals surface area contributed by atoms with Crippen molar-refractivity contribution in [2.75, 3.05) is 25.1 Å². The topological polar surface area (TPSA) is 162 Å². The minimum absolute atomic E-state index is 0.0283. The molecule has 0 spiro atoms. The molecule has 4 N–H and O–H groups in total. The van der Waals surface area contributed by atoms with Crippen molar-refractivity contribution < 1.29 is 33.8 Å². The van der Waals surface area contributed by atoms with Crippen LogP contribution in [0.1, 0.15) is 74.5 Å². The van der Waals surface area contributed by atoms with Gasteiger partial charge in [-0.1, -0.05) is 20.8 Å². The number of thiophene rings is 1. The number of amides is 2. The molecule has 2 aromatic rings. The zero-order valence-corrected chi connectivity index (χ0v) is 24.2. The summed E-state index contributed by atoms with van der Waals surface area (Å²) < 4.78 is 9.95. The zero-order chi connectivity index (χ0) is 29.4. The number of hydrogen-bond donors (Lipinski definition) is 4. The van der Waals surface area contributed by atoms with Crippen LogP contribution in [0.5, 0.6) is 0 Å². The van der Waals surface area contributed by atoms with E-state index in [4.69, 9.17) is 9.47 Å². The van der Waals surface area contributed by atoms with Crippen LogP contribution in [0.2, 0.25) is 0 Å². The maximum Gasteiger partial charge on any atom is 0.328 e. The second-order valence-electron chi connectivity index (χ2n) is 10.2. The molecule has 0 fully saturated rings. The summed E-state index contributed by atoms with van der Waals surface area (Å²) in [5, 5.41) is 18.0. The number of nitrogens with one attached hydrogen (secondary N) is 3. The van der Waals surface area contributed by atoms with Crippen molar-refractivity contribution in [1.82, 2.24) is 15.2 Å². The molecule has 0 aromatic carbocycles. The van der Waals surface area contributed by atoms with Gasteiger partial charge in [-0.2, -0.15) is 0 Å². The molecule has 3 heterocycles. The van der Waals surface area contributed by atoms with Gasteiger partial charge in [-0.25, -0.2) is 9.79 Å². The van der Waals surface area contributed by atoms with E-state index in [1.54, 1.807) is 36.3 Å². The predicted octanol–water partition coefficient (Wildman–Crippen LogP) is 3.27. The Hall–Kier alpha value is -3.71. The molecule has 1 aliphatic heterocycles. The van der Waals surface area contributed by atoms with Crippen LogP contribution >= 0.6 is 11.3 Å². The number of rotatable bonds is 12. The lowest BCUT2D eigenvalue weighted by atomic mass is 9.96. The average Bonchev–Trinajstić information content (AvgIpc) is 3.53. The first kappa shape index (κ1) is 30.8. The molecule has 2 amide bonds. The third-order valence-electron chi connectivity index (χ3n) is 6.03. The molecule has 1 unspecified atom stereocenters. The summed E-state index contributed by atoms with van der Waals surface area (Å²) in [7, 11) is 0. The number of carbonyl (C=O) groups excluding carboxylic acids is 4. The van der Waals surface area contributed by atoms with E-state index in [2.05, 4.69) is 20.6 Å². The minimum atomic E-state index is -0.978. The number of fused-ring (bicyclic) bond motifs is 1. The Labute approximate surface area is 237 Å². The van der Waals surface area contributed by atoms with E-state index in [0.717, 1.165) is 4.88 Å². The molecule has 218 valence electrons. The number of aliphatic imine (C=N–C) groups is 1. The third kappa shape index (κ3) is 8.15. The lowest BCUT2D eigenvalue weighted by Gasteiger charge is -2.28. The lowest BCUT2D eigenvalue weighted by Crippen LogP contribution is -2.42. The Bertz CT molecular complexity index is 1250. The highest BCUT2D eigenvalue weighted by Crippen LogP contribution is 2.34. The summed E-state index contributed by atoms with van der Waals surface area (Å²) in [6.45, 7) is 9.59. The van der Waals surface area contributed by atoms with Crippen molar-refractivity contribution in [3.05, 3.63) is 33.5 Å². The molecular weight excluding hydrogens is 538 g/mol. The number of aromatic nitrogens is 1. The van der Waals surface area contributed by atoms with Gasteiger partial charge in [0.2, 0.25) is 5.91 Å². The molecule has 2 atom stereocenters. The van der Waals surface area contributed by atoms with E-state index < -0.39 is 35.5 Å². The Balaban J connectivity index is 1.57. The number of aromatic amines is 1. The summed E-state index contributed by atoms with van der Waals surface area (Å²) in [5.41, 5.74) is 0.356. The quantitative estimate of drug-likeness (QED) is 0.280. The molecule has 2 aromatic heterocycles. The maximum atomic E-state index is 12.9. The number of aliphatic hydroxyl groups excluding tert-OH is 1. The summed E-state index contributed by atoms with van der Waals surface area (Å²) in [6.07, 6.45) is 1.14. The molecular formula is C27H37N5O7S. The van der Waals surface area contributed by atoms with Crippen molar-refractivity contribution in [2.24, 2.45) is 10.4 Å². The third-order valence-corrected chi connectivity index (χ3v) is 7.03. The van der Waals surface area contributed by atoms with Gasteiger partial charge in [0, 0.05) is 34.2 Å². The van der Waals surface area contributed by atoms with Gasteiger partial charge in [-0.3, -0.25) is 14.4 Å². The summed E-state index contributed by atoms with van der Waals surface area (Å²) in [5.74, 6) is -0.746. The predicted molar refractivity (Wildman–Crippen MR) is 150 cm³/mol. The summed E-state index contributed by atoms with van der Waals surface area (Å²) >= 11 is 1.38. The SMILES string of the molecule is CCOC(=O)CC[C@@H](NC(=O)c1csc(CCN2C=Nc3[nH]c(NC(=O)C(C)(C)C)cc3C2O)c1)C(=O)OCC. The highest BCUT2D eigenvalue weighted by Gasteiger charge is 2.28. The van der Waals surface area contributed by atoms with Gasteiger partial charge in [-0.05, 0) is 38.8 Å². The van der Waals surface area contributed by atoms with Gasteiger partial charge in [-0.15, -0.1) is 11.3 Å². The van der Waals surface area contributed by atoms with Crippen LogP contribution in [-0.4, -0.2) is 70.9 Å². The summed E-state index contributed by atoms with van der Waals surface area (Å²) in [6, 6.07) is 2.42. The second-order valence-corrected chi connectivity index (χ2v) is 11.2. The molecule has 1 aliphatic rings. The monoisotopic (exact) mass is 575 g/mol. The van der Waals surface area contributed by atoms with Crippen LogP contribution < -0.4 is 10.6 Å². The van der Waals surface area contributed by atoms with Gasteiger partial charge in [0.1, 0.15) is 17.7 Å². The number of anilines is 1. The fourth-order valence-corrected chi connectivity index (χ4v) is 4.65. The normalized spacial score (nSPS) is 15.2. The van der Waals surface area contributed by atoms with Gasteiger partial charge in [0.05, 0.1) is 25.1 Å². The number of nitrogens with zero attached hydrogens (tertiary/aromatic N) is 2. The molecule has 40 heavy (non-hydrogen) atoms. The average molecular weight is 576 g/mol. The smallest absolute Gasteiger partial charge is 0.328 e. The van der Waals surface area contributed by atoms with Crippen molar-refractivity contribution in [3.8, 4) is 0 Å². The van der Waals surface area contributed by atoms with Crippen LogP contribution in [0.4, 0.5) is 11.6 Å². The first-order valence-electron chi connectivity index (χ1n) is 13.2. The van der Waals surface area contributed by atoms with E-state index in [-0.39, 0.29) is 32.0 Å². The number of ether oxygens (including phenoxy) is 2. The molecule has 0 bridgehead atoms. The molecule has 3 rings (SSSR count). The van der Waals surface area contributed by atoms with E-state index in [1.807, 2.05) is 20.8 Å². The molecule has 0 radical (unpaired) electrons. The Morgan fingerprint density at radius 3 is 2.58 bits per heavy atom. The van der Waals surface area contributed by atoms with E-state index in [9.17, 15) is 24.3 Å². The van der Waals surface area contributed by atoms with Crippen molar-refractivity contribution >= 4 is 53.1 Å². The number of esters is 2. The Kier molecular flexibility index (Phi) is 10.5. The van der Waals surface area contributed by atoms with Crippen LogP contribution in [0, 0.1) is 5.41 Å².